The zero-order valence-corrected chi connectivity index (χ0v) is 17.3. The number of fused-ring (bicyclic) bond motifs is 5. The number of alkyl halides is 3. The van der Waals surface area contributed by atoms with Crippen LogP contribution in [0.5, 0.6) is 0 Å². The summed E-state index contributed by atoms with van der Waals surface area (Å²) in [7, 11) is 0. The molecule has 1 aromatic heterocycles. The number of amides is 3. The van der Waals surface area contributed by atoms with E-state index in [-0.39, 0.29) is 34.7 Å². The molecule has 5 unspecified atom stereocenters. The molecule has 5 atom stereocenters. The van der Waals surface area contributed by atoms with E-state index in [0.717, 1.165) is 11.3 Å². The van der Waals surface area contributed by atoms with Crippen LogP contribution in [0.1, 0.15) is 17.0 Å². The van der Waals surface area contributed by atoms with Gasteiger partial charge in [-0.25, -0.2) is 0 Å². The number of benzene rings is 1. The summed E-state index contributed by atoms with van der Waals surface area (Å²) in [4.78, 5) is 40.6. The maximum absolute atomic E-state index is 13.2. The molecule has 11 heteroatoms. The van der Waals surface area contributed by atoms with Crippen LogP contribution in [0.2, 0.25) is 0 Å². The Morgan fingerprint density at radius 3 is 2.28 bits per heavy atom. The highest BCUT2D eigenvalue weighted by Crippen LogP contribution is 2.53. The predicted octanol–water partition coefficient (Wildman–Crippen LogP) is 2.91. The van der Waals surface area contributed by atoms with Crippen molar-refractivity contribution in [2.24, 2.45) is 23.7 Å². The largest absolute Gasteiger partial charge is 0.445 e. The molecule has 32 heavy (non-hydrogen) atoms. The summed E-state index contributed by atoms with van der Waals surface area (Å²) in [6.07, 6.45) is 0.00651. The van der Waals surface area contributed by atoms with E-state index in [4.69, 9.17) is 0 Å². The van der Waals surface area contributed by atoms with E-state index in [1.165, 1.54) is 0 Å². The van der Waals surface area contributed by atoms with Crippen LogP contribution in [0.25, 0.3) is 0 Å². The van der Waals surface area contributed by atoms with Gasteiger partial charge >= 0.3 is 6.18 Å². The van der Waals surface area contributed by atoms with Crippen molar-refractivity contribution in [1.29, 1.82) is 0 Å². The minimum Gasteiger partial charge on any atom is -0.299 e. The van der Waals surface area contributed by atoms with E-state index in [2.05, 4.69) is 15.5 Å². The number of nitrogens with one attached hydrogen (secondary N) is 1. The van der Waals surface area contributed by atoms with Crippen molar-refractivity contribution in [3.8, 4) is 0 Å². The molecule has 1 aliphatic heterocycles. The second-order valence-electron chi connectivity index (χ2n) is 8.15. The van der Waals surface area contributed by atoms with Gasteiger partial charge in [0.15, 0.2) is 0 Å². The number of carbonyl (C=O) groups is 3. The van der Waals surface area contributed by atoms with Gasteiger partial charge in [-0.1, -0.05) is 53.8 Å². The van der Waals surface area contributed by atoms with E-state index in [9.17, 15) is 27.6 Å². The van der Waals surface area contributed by atoms with Crippen molar-refractivity contribution >= 4 is 34.2 Å². The summed E-state index contributed by atoms with van der Waals surface area (Å²) in [5, 5.41) is 7.22. The maximum Gasteiger partial charge on any atom is 0.445 e. The lowest BCUT2D eigenvalue weighted by Crippen LogP contribution is -2.49. The number of allylic oxidation sites excluding steroid dienone is 2. The summed E-state index contributed by atoms with van der Waals surface area (Å²) in [6, 6.07) is 7.61. The zero-order valence-electron chi connectivity index (χ0n) is 16.5. The first-order valence-electron chi connectivity index (χ1n) is 10.0. The third kappa shape index (κ3) is 3.40. The maximum atomic E-state index is 13.2. The van der Waals surface area contributed by atoms with Gasteiger partial charge in [0.25, 0.3) is 0 Å². The van der Waals surface area contributed by atoms with Gasteiger partial charge in [0.1, 0.15) is 6.04 Å². The fourth-order valence-electron chi connectivity index (χ4n) is 4.95. The van der Waals surface area contributed by atoms with Crippen LogP contribution in [0.3, 0.4) is 0 Å². The van der Waals surface area contributed by atoms with E-state index in [1.807, 2.05) is 12.2 Å². The van der Waals surface area contributed by atoms with Crippen LogP contribution < -0.4 is 5.32 Å². The molecule has 3 amide bonds. The van der Waals surface area contributed by atoms with Crippen molar-refractivity contribution < 1.29 is 27.6 Å². The van der Waals surface area contributed by atoms with Gasteiger partial charge in [-0.05, 0) is 23.8 Å². The van der Waals surface area contributed by atoms with Crippen molar-refractivity contribution in [2.75, 3.05) is 5.32 Å². The lowest BCUT2D eigenvalue weighted by Gasteiger charge is -2.26. The highest BCUT2D eigenvalue weighted by atomic mass is 32.1. The van der Waals surface area contributed by atoms with E-state index in [1.54, 1.807) is 30.3 Å². The molecule has 0 spiro atoms. The number of carbonyl (C=O) groups excluding carboxylic acids is 3. The molecular weight excluding hydrogens is 445 g/mol. The first kappa shape index (κ1) is 20.8. The van der Waals surface area contributed by atoms with E-state index >= 15 is 0 Å². The summed E-state index contributed by atoms with van der Waals surface area (Å²) in [5.74, 6) is -2.60. The van der Waals surface area contributed by atoms with E-state index < -0.39 is 46.8 Å². The molecule has 2 heterocycles. The van der Waals surface area contributed by atoms with Crippen LogP contribution in [0.4, 0.5) is 18.3 Å². The first-order chi connectivity index (χ1) is 15.2. The molecular formula is C21H17F3N4O3S. The third-order valence-corrected chi connectivity index (χ3v) is 7.17. The zero-order chi connectivity index (χ0) is 22.6. The highest BCUT2D eigenvalue weighted by Gasteiger charge is 2.61. The van der Waals surface area contributed by atoms with Gasteiger partial charge in [0, 0.05) is 6.42 Å². The Morgan fingerprint density at radius 1 is 1.09 bits per heavy atom. The van der Waals surface area contributed by atoms with Gasteiger partial charge in [-0.15, -0.1) is 10.2 Å². The number of imide groups is 1. The quantitative estimate of drug-likeness (QED) is 0.545. The lowest BCUT2D eigenvalue weighted by atomic mass is 9.85. The lowest BCUT2D eigenvalue weighted by molar-refractivity contribution is -0.147. The Hall–Kier alpha value is -3.08. The monoisotopic (exact) mass is 462 g/mol. The van der Waals surface area contributed by atoms with Gasteiger partial charge in [0.2, 0.25) is 27.9 Å². The number of aromatic nitrogens is 2. The molecule has 166 valence electrons. The molecule has 0 radical (unpaired) electrons. The molecule has 1 aromatic carbocycles. The van der Waals surface area contributed by atoms with Crippen LogP contribution in [0.15, 0.2) is 42.5 Å². The van der Waals surface area contributed by atoms with Crippen LogP contribution >= 0.6 is 11.3 Å². The van der Waals surface area contributed by atoms with Crippen LogP contribution in [-0.4, -0.2) is 38.9 Å². The molecule has 5 rings (SSSR count). The molecule has 2 fully saturated rings. The average Bonchev–Trinajstić information content (AvgIpc) is 3.52. The number of likely N-dealkylation sites (tertiary alicyclic amines) is 1. The normalized spacial score (nSPS) is 27.2. The predicted molar refractivity (Wildman–Crippen MR) is 107 cm³/mol. The molecule has 3 aliphatic rings. The molecule has 2 bridgehead atoms. The standard InChI is InChI=1S/C21H17F3N4O3S/c22-21(23,24)19-26-27-20(32-19)25-16(29)13(8-10-4-2-1-3-5-10)28-17(30)14-11-6-7-12(9-11)15(14)18(28)31/h1-7,11-15H,8-9H2,(H,25,27,29). The molecule has 1 saturated heterocycles. The molecule has 1 N–H and O–H groups in total. The minimum absolute atomic E-state index is 0.0237. The van der Waals surface area contributed by atoms with Gasteiger partial charge in [0.05, 0.1) is 11.8 Å². The fourth-order valence-corrected chi connectivity index (χ4v) is 5.56. The van der Waals surface area contributed by atoms with Crippen molar-refractivity contribution in [1.82, 2.24) is 15.1 Å². The minimum atomic E-state index is -4.69. The van der Waals surface area contributed by atoms with Gasteiger partial charge in [-0.2, -0.15) is 13.2 Å². The smallest absolute Gasteiger partial charge is 0.299 e. The Bertz CT molecular complexity index is 1090. The first-order valence-corrected chi connectivity index (χ1v) is 10.9. The second-order valence-corrected chi connectivity index (χ2v) is 9.13. The van der Waals surface area contributed by atoms with E-state index in [0.29, 0.717) is 5.56 Å². The topological polar surface area (TPSA) is 92.3 Å². The Morgan fingerprint density at radius 2 is 1.72 bits per heavy atom. The van der Waals surface area contributed by atoms with Gasteiger partial charge in [-0.3, -0.25) is 24.6 Å². The molecule has 2 aliphatic carbocycles. The Labute approximate surface area is 184 Å². The summed E-state index contributed by atoms with van der Waals surface area (Å²) in [5.41, 5.74) is 0.708. The fraction of sp³-hybridized carbons (Fsp3) is 0.381. The van der Waals surface area contributed by atoms with Crippen molar-refractivity contribution in [3.63, 3.8) is 0 Å². The Kier molecular flexibility index (Phi) is 4.88. The summed E-state index contributed by atoms with van der Waals surface area (Å²) >= 11 is 0.186. The highest BCUT2D eigenvalue weighted by molar-refractivity contribution is 7.15. The summed E-state index contributed by atoms with van der Waals surface area (Å²) < 4.78 is 38.5. The Balaban J connectivity index is 1.43. The number of hydrogen-bond donors (Lipinski definition) is 1. The molecule has 7 nitrogen and oxygen atoms in total. The molecule has 2 aromatic rings. The SMILES string of the molecule is O=C(Nc1nnc(C(F)(F)F)s1)C(Cc1ccccc1)N1C(=O)C2C3C=CC(C3)C2C1=O. The number of rotatable bonds is 5. The van der Waals surface area contributed by atoms with Crippen molar-refractivity contribution in [3.05, 3.63) is 53.1 Å². The van der Waals surface area contributed by atoms with Gasteiger partial charge < -0.3 is 0 Å². The second kappa shape index (κ2) is 7.51. The number of hydrogen-bond acceptors (Lipinski definition) is 6. The number of anilines is 1. The van der Waals surface area contributed by atoms with Crippen LogP contribution in [-0.2, 0) is 27.0 Å². The average molecular weight is 462 g/mol. The van der Waals surface area contributed by atoms with Crippen LogP contribution in [0, 0.1) is 23.7 Å². The molecule has 1 saturated carbocycles. The number of nitrogens with zero attached hydrogens (tertiary/aromatic N) is 3. The van der Waals surface area contributed by atoms with Crippen molar-refractivity contribution in [2.45, 2.75) is 25.1 Å². The third-order valence-electron chi connectivity index (χ3n) is 6.29. The number of halogens is 3. The summed E-state index contributed by atoms with van der Waals surface area (Å²) in [6.45, 7) is 0.